The number of benzene rings is 1. The van der Waals surface area contributed by atoms with Crippen molar-refractivity contribution in [1.82, 2.24) is 15.0 Å². The zero-order valence-electron chi connectivity index (χ0n) is 11.7. The summed E-state index contributed by atoms with van der Waals surface area (Å²) in [6, 6.07) is 2.68. The van der Waals surface area contributed by atoms with Crippen molar-refractivity contribution in [2.45, 2.75) is 24.9 Å². The Labute approximate surface area is 127 Å². The monoisotopic (exact) mass is 329 g/mol. The Hall–Kier alpha value is -1.35. The number of aromatic nitrogens is 1. The number of rotatable bonds is 6. The van der Waals surface area contributed by atoms with E-state index in [2.05, 4.69) is 15.0 Å². The van der Waals surface area contributed by atoms with Crippen LogP contribution in [0, 0.1) is 12.7 Å². The van der Waals surface area contributed by atoms with Crippen molar-refractivity contribution in [1.29, 1.82) is 0 Å². The van der Waals surface area contributed by atoms with Gasteiger partial charge in [0.1, 0.15) is 5.82 Å². The highest BCUT2D eigenvalue weighted by molar-refractivity contribution is 7.89. The van der Waals surface area contributed by atoms with E-state index < -0.39 is 10.0 Å². The number of halogens is 1. The lowest BCUT2D eigenvalue weighted by Crippen LogP contribution is -2.24. The van der Waals surface area contributed by atoms with Crippen LogP contribution in [0.15, 0.2) is 27.9 Å². The molecule has 0 saturated heterocycles. The maximum Gasteiger partial charge on any atom is 0.240 e. The fourth-order valence-corrected chi connectivity index (χ4v) is 3.55. The molecule has 8 heteroatoms. The lowest BCUT2D eigenvalue weighted by Gasteiger charge is -2.11. The minimum Gasteiger partial charge on any atom is -0.316 e. The predicted octanol–water partition coefficient (Wildman–Crippen LogP) is 1.79. The normalized spacial score (nSPS) is 11.8. The van der Waals surface area contributed by atoms with E-state index in [1.807, 2.05) is 0 Å². The van der Waals surface area contributed by atoms with Crippen molar-refractivity contribution >= 4 is 21.4 Å². The Balaban J connectivity index is 2.27. The molecule has 1 heterocycles. The molecule has 0 fully saturated rings. The zero-order valence-corrected chi connectivity index (χ0v) is 13.3. The second kappa shape index (κ2) is 6.61. The highest BCUT2D eigenvalue weighted by Gasteiger charge is 2.18. The standard InChI is InChI=1S/C13H16FN3O2S2/c1-9-3-12(4-10(5-15-2)13(9)14)21(18,19)17-6-11-7-20-8-16-11/h3-4,7-8,15,17H,5-6H2,1-2H3. The fraction of sp³-hybridized carbons (Fsp3) is 0.308. The van der Waals surface area contributed by atoms with Gasteiger partial charge in [0.15, 0.2) is 0 Å². The molecule has 114 valence electrons. The highest BCUT2D eigenvalue weighted by Crippen LogP contribution is 2.19. The molecule has 5 nitrogen and oxygen atoms in total. The van der Waals surface area contributed by atoms with Crippen LogP contribution in [-0.4, -0.2) is 20.4 Å². The van der Waals surface area contributed by atoms with Crippen LogP contribution in [-0.2, 0) is 23.1 Å². The van der Waals surface area contributed by atoms with Crippen LogP contribution in [0.2, 0.25) is 0 Å². The molecule has 0 aliphatic rings. The molecule has 0 aliphatic heterocycles. The Bertz CT molecular complexity index is 715. The molecule has 0 saturated carbocycles. The van der Waals surface area contributed by atoms with Crippen LogP contribution in [0.4, 0.5) is 4.39 Å². The van der Waals surface area contributed by atoms with Gasteiger partial charge in [-0.3, -0.25) is 0 Å². The van der Waals surface area contributed by atoms with E-state index >= 15 is 0 Å². The van der Waals surface area contributed by atoms with Crippen molar-refractivity contribution < 1.29 is 12.8 Å². The molecule has 2 N–H and O–H groups in total. The second-order valence-corrected chi connectivity index (χ2v) is 7.03. The minimum absolute atomic E-state index is 0.0573. The van der Waals surface area contributed by atoms with Crippen molar-refractivity contribution in [3.05, 3.63) is 45.7 Å². The highest BCUT2D eigenvalue weighted by atomic mass is 32.2. The largest absolute Gasteiger partial charge is 0.316 e. The minimum atomic E-state index is -3.70. The van der Waals surface area contributed by atoms with Gasteiger partial charge in [-0.15, -0.1) is 11.3 Å². The van der Waals surface area contributed by atoms with E-state index in [4.69, 9.17) is 0 Å². The van der Waals surface area contributed by atoms with E-state index in [-0.39, 0.29) is 23.8 Å². The first-order chi connectivity index (χ1) is 9.94. The number of hydrogen-bond donors (Lipinski definition) is 2. The van der Waals surface area contributed by atoms with Gasteiger partial charge in [0.05, 0.1) is 22.6 Å². The average molecular weight is 329 g/mol. The summed E-state index contributed by atoms with van der Waals surface area (Å²) in [7, 11) is -2.02. The van der Waals surface area contributed by atoms with Crippen LogP contribution >= 0.6 is 11.3 Å². The van der Waals surface area contributed by atoms with Gasteiger partial charge in [0.25, 0.3) is 0 Å². The quantitative estimate of drug-likeness (QED) is 0.847. The summed E-state index contributed by atoms with van der Waals surface area (Å²) in [6.07, 6.45) is 0. The Morgan fingerprint density at radius 2 is 2.10 bits per heavy atom. The fourth-order valence-electron chi connectivity index (χ4n) is 1.86. The Morgan fingerprint density at radius 3 is 2.71 bits per heavy atom. The molecule has 0 atom stereocenters. The summed E-state index contributed by atoms with van der Waals surface area (Å²) in [5, 5.41) is 4.59. The number of aryl methyl sites for hydroxylation is 1. The molecule has 0 radical (unpaired) electrons. The molecule has 2 aromatic rings. The molecule has 0 unspecified atom stereocenters. The van der Waals surface area contributed by atoms with Crippen molar-refractivity contribution in [2.75, 3.05) is 7.05 Å². The first kappa shape index (κ1) is 16.0. The summed E-state index contributed by atoms with van der Waals surface area (Å²) in [4.78, 5) is 4.07. The number of nitrogens with zero attached hydrogens (tertiary/aromatic N) is 1. The molecule has 1 aromatic carbocycles. The molecule has 0 aliphatic carbocycles. The Kier molecular flexibility index (Phi) is 5.04. The van der Waals surface area contributed by atoms with Crippen molar-refractivity contribution in [3.8, 4) is 0 Å². The zero-order chi connectivity index (χ0) is 15.5. The maximum absolute atomic E-state index is 13.9. The third-order valence-corrected chi connectivity index (χ3v) is 4.92. The molecule has 21 heavy (non-hydrogen) atoms. The average Bonchev–Trinajstić information content (AvgIpc) is 2.95. The van der Waals surface area contributed by atoms with Gasteiger partial charge in [-0.25, -0.2) is 22.5 Å². The third-order valence-electron chi connectivity index (χ3n) is 2.91. The van der Waals surface area contributed by atoms with E-state index in [0.717, 1.165) is 0 Å². The van der Waals surface area contributed by atoms with E-state index in [9.17, 15) is 12.8 Å². The van der Waals surface area contributed by atoms with Crippen molar-refractivity contribution in [3.63, 3.8) is 0 Å². The SMILES string of the molecule is CNCc1cc(S(=O)(=O)NCc2cscn2)cc(C)c1F. The summed E-state index contributed by atoms with van der Waals surface area (Å²) < 4.78 is 40.9. The molecular formula is C13H16FN3O2S2. The topological polar surface area (TPSA) is 71.1 Å². The van der Waals surface area contributed by atoms with Crippen LogP contribution in [0.1, 0.15) is 16.8 Å². The lowest BCUT2D eigenvalue weighted by atomic mass is 10.1. The second-order valence-electron chi connectivity index (χ2n) is 4.55. The molecule has 1 aromatic heterocycles. The van der Waals surface area contributed by atoms with E-state index in [1.165, 1.54) is 23.5 Å². The van der Waals surface area contributed by atoms with Crippen LogP contribution in [0.3, 0.4) is 0 Å². The van der Waals surface area contributed by atoms with Gasteiger partial charge >= 0.3 is 0 Å². The number of nitrogens with one attached hydrogen (secondary N) is 2. The summed E-state index contributed by atoms with van der Waals surface area (Å²) in [6.45, 7) is 1.93. The molecule has 2 rings (SSSR count). The summed E-state index contributed by atoms with van der Waals surface area (Å²) in [5.41, 5.74) is 2.91. The summed E-state index contributed by atoms with van der Waals surface area (Å²) in [5.74, 6) is -0.386. The van der Waals surface area contributed by atoms with Crippen LogP contribution in [0.5, 0.6) is 0 Å². The van der Waals surface area contributed by atoms with E-state index in [0.29, 0.717) is 16.8 Å². The molecule has 0 bridgehead atoms. The lowest BCUT2D eigenvalue weighted by molar-refractivity contribution is 0.574. The smallest absolute Gasteiger partial charge is 0.240 e. The molecule has 0 amide bonds. The first-order valence-corrected chi connectivity index (χ1v) is 8.67. The summed E-state index contributed by atoms with van der Waals surface area (Å²) >= 11 is 1.40. The van der Waals surface area contributed by atoms with Crippen LogP contribution < -0.4 is 10.0 Å². The van der Waals surface area contributed by atoms with Gasteiger partial charge in [-0.05, 0) is 31.7 Å². The van der Waals surface area contributed by atoms with Gasteiger partial charge < -0.3 is 5.32 Å². The van der Waals surface area contributed by atoms with Gasteiger partial charge in [0, 0.05) is 17.5 Å². The van der Waals surface area contributed by atoms with Crippen LogP contribution in [0.25, 0.3) is 0 Å². The van der Waals surface area contributed by atoms with Crippen molar-refractivity contribution in [2.24, 2.45) is 0 Å². The van der Waals surface area contributed by atoms with E-state index in [1.54, 1.807) is 24.9 Å². The number of thiazole rings is 1. The first-order valence-electron chi connectivity index (χ1n) is 6.24. The number of hydrogen-bond acceptors (Lipinski definition) is 5. The van der Waals surface area contributed by atoms with Gasteiger partial charge in [-0.1, -0.05) is 0 Å². The molecular weight excluding hydrogens is 313 g/mol. The molecule has 0 spiro atoms. The Morgan fingerprint density at radius 1 is 1.33 bits per heavy atom. The van der Waals surface area contributed by atoms with Gasteiger partial charge in [-0.2, -0.15) is 0 Å². The maximum atomic E-state index is 13.9. The predicted molar refractivity (Wildman–Crippen MR) is 80.0 cm³/mol. The number of sulfonamides is 1. The third kappa shape index (κ3) is 3.85. The van der Waals surface area contributed by atoms with Gasteiger partial charge in [0.2, 0.25) is 10.0 Å².